The molecule has 0 saturated carbocycles. The Morgan fingerprint density at radius 1 is 1.35 bits per heavy atom. The lowest BCUT2D eigenvalue weighted by molar-refractivity contribution is -0.117. The number of hydrogen-bond acceptors (Lipinski definition) is 5. The van der Waals surface area contributed by atoms with Crippen LogP contribution >= 0.6 is 11.3 Å². The molecule has 23 heavy (non-hydrogen) atoms. The highest BCUT2D eigenvalue weighted by Crippen LogP contribution is 2.43. The molecular weight excluding hydrogens is 308 g/mol. The van der Waals surface area contributed by atoms with E-state index in [2.05, 4.69) is 16.0 Å². The third kappa shape index (κ3) is 2.47. The monoisotopic (exact) mass is 324 g/mol. The van der Waals surface area contributed by atoms with Crippen molar-refractivity contribution in [1.29, 1.82) is 5.26 Å². The van der Waals surface area contributed by atoms with E-state index in [4.69, 9.17) is 5.26 Å². The lowest BCUT2D eigenvalue weighted by Gasteiger charge is -2.24. The molecule has 6 heteroatoms. The first-order chi connectivity index (χ1) is 11.2. The van der Waals surface area contributed by atoms with Gasteiger partial charge in [-0.2, -0.15) is 5.26 Å². The molecule has 1 spiro atoms. The fraction of sp³-hybridized carbons (Fsp3) is 0.353. The summed E-state index contributed by atoms with van der Waals surface area (Å²) in [6, 6.07) is 9.44. The van der Waals surface area contributed by atoms with Crippen LogP contribution in [0.4, 0.5) is 10.8 Å². The number of thiazole rings is 1. The van der Waals surface area contributed by atoms with Crippen molar-refractivity contribution in [3.63, 3.8) is 0 Å². The van der Waals surface area contributed by atoms with Gasteiger partial charge in [0.1, 0.15) is 0 Å². The molecule has 0 N–H and O–H groups in total. The van der Waals surface area contributed by atoms with E-state index in [0.29, 0.717) is 12.0 Å². The van der Waals surface area contributed by atoms with Crippen LogP contribution in [0, 0.1) is 16.7 Å². The lowest BCUT2D eigenvalue weighted by atomic mass is 9.86. The molecule has 1 amide bonds. The average Bonchev–Trinajstić information content (AvgIpc) is 3.28. The Morgan fingerprint density at radius 2 is 2.26 bits per heavy atom. The molecule has 2 aliphatic heterocycles. The standard InChI is InChI=1S/C17H16N4OS/c18-10-13-2-1-3-14(8-13)21-12-17(9-15(21)22)4-6-20(11-17)16-19-5-7-23-16/h1-3,5,7-8H,4,6,9,11-12H2/t17-/m1/s1. The number of nitrogens with zero attached hydrogens (tertiary/aromatic N) is 4. The largest absolute Gasteiger partial charge is 0.347 e. The fourth-order valence-electron chi connectivity index (χ4n) is 3.62. The van der Waals surface area contributed by atoms with Crippen LogP contribution in [0.15, 0.2) is 35.8 Å². The number of hydrogen-bond donors (Lipinski definition) is 0. The number of amides is 1. The van der Waals surface area contributed by atoms with Gasteiger partial charge in [0.25, 0.3) is 0 Å². The molecule has 0 bridgehead atoms. The molecule has 2 saturated heterocycles. The second kappa shape index (κ2) is 5.36. The van der Waals surface area contributed by atoms with Crippen LogP contribution in [-0.2, 0) is 4.79 Å². The van der Waals surface area contributed by atoms with Gasteiger partial charge in [0.05, 0.1) is 11.6 Å². The first kappa shape index (κ1) is 14.2. The van der Waals surface area contributed by atoms with Crippen LogP contribution < -0.4 is 9.80 Å². The van der Waals surface area contributed by atoms with E-state index in [1.165, 1.54) is 0 Å². The van der Waals surface area contributed by atoms with Gasteiger partial charge in [-0.1, -0.05) is 6.07 Å². The highest BCUT2D eigenvalue weighted by atomic mass is 32.1. The summed E-state index contributed by atoms with van der Waals surface area (Å²) in [7, 11) is 0. The Kier molecular flexibility index (Phi) is 3.31. The van der Waals surface area contributed by atoms with E-state index in [1.54, 1.807) is 23.5 Å². The topological polar surface area (TPSA) is 60.2 Å². The number of anilines is 2. The fourth-order valence-corrected chi connectivity index (χ4v) is 4.29. The van der Waals surface area contributed by atoms with Gasteiger partial charge in [-0.3, -0.25) is 4.79 Å². The normalized spacial score (nSPS) is 23.7. The maximum atomic E-state index is 12.5. The van der Waals surface area contributed by atoms with Crippen molar-refractivity contribution in [2.75, 3.05) is 29.4 Å². The van der Waals surface area contributed by atoms with Crippen LogP contribution in [0.2, 0.25) is 0 Å². The molecule has 1 aromatic carbocycles. The smallest absolute Gasteiger partial charge is 0.227 e. The SMILES string of the molecule is N#Cc1cccc(N2C[C@]3(CCN(c4nccs4)C3)CC2=O)c1. The van der Waals surface area contributed by atoms with Gasteiger partial charge in [0.15, 0.2) is 5.13 Å². The molecule has 1 atom stereocenters. The van der Waals surface area contributed by atoms with Crippen molar-refractivity contribution in [2.45, 2.75) is 12.8 Å². The summed E-state index contributed by atoms with van der Waals surface area (Å²) in [4.78, 5) is 21.0. The van der Waals surface area contributed by atoms with Gasteiger partial charge in [-0.05, 0) is 24.6 Å². The van der Waals surface area contributed by atoms with Crippen molar-refractivity contribution in [3.05, 3.63) is 41.4 Å². The molecule has 2 aliphatic rings. The third-order valence-electron chi connectivity index (χ3n) is 4.74. The number of carbonyl (C=O) groups excluding carboxylic acids is 1. The predicted octanol–water partition coefficient (Wildman–Crippen LogP) is 2.65. The van der Waals surface area contributed by atoms with E-state index in [0.717, 1.165) is 36.9 Å². The van der Waals surface area contributed by atoms with Gasteiger partial charge in [-0.25, -0.2) is 4.98 Å². The minimum absolute atomic E-state index is 0.00536. The lowest BCUT2D eigenvalue weighted by Crippen LogP contribution is -2.31. The zero-order chi connectivity index (χ0) is 15.9. The zero-order valence-corrected chi connectivity index (χ0v) is 13.4. The number of rotatable bonds is 2. The van der Waals surface area contributed by atoms with Crippen LogP contribution in [0.5, 0.6) is 0 Å². The van der Waals surface area contributed by atoms with E-state index < -0.39 is 0 Å². The maximum Gasteiger partial charge on any atom is 0.227 e. The van der Waals surface area contributed by atoms with Gasteiger partial charge in [0, 0.05) is 48.7 Å². The molecule has 0 radical (unpaired) electrons. The van der Waals surface area contributed by atoms with E-state index in [9.17, 15) is 4.79 Å². The summed E-state index contributed by atoms with van der Waals surface area (Å²) in [5.41, 5.74) is 1.43. The average molecular weight is 324 g/mol. The highest BCUT2D eigenvalue weighted by Gasteiger charge is 2.48. The van der Waals surface area contributed by atoms with Crippen molar-refractivity contribution >= 4 is 28.1 Å². The third-order valence-corrected chi connectivity index (χ3v) is 5.57. The van der Waals surface area contributed by atoms with Crippen LogP contribution in [-0.4, -0.2) is 30.5 Å². The van der Waals surface area contributed by atoms with E-state index in [1.807, 2.05) is 28.6 Å². The predicted molar refractivity (Wildman–Crippen MR) is 89.5 cm³/mol. The zero-order valence-electron chi connectivity index (χ0n) is 12.6. The van der Waals surface area contributed by atoms with Gasteiger partial charge < -0.3 is 9.80 Å². The Balaban J connectivity index is 1.56. The summed E-state index contributed by atoms with van der Waals surface area (Å²) in [5, 5.41) is 12.1. The number of benzene rings is 1. The van der Waals surface area contributed by atoms with E-state index in [-0.39, 0.29) is 11.3 Å². The second-order valence-electron chi connectivity index (χ2n) is 6.31. The van der Waals surface area contributed by atoms with Crippen molar-refractivity contribution in [3.8, 4) is 6.07 Å². The minimum atomic E-state index is 0.00536. The molecule has 2 fully saturated rings. The quantitative estimate of drug-likeness (QED) is 0.852. The van der Waals surface area contributed by atoms with Gasteiger partial charge in [-0.15, -0.1) is 11.3 Å². The van der Waals surface area contributed by atoms with Crippen molar-refractivity contribution in [2.24, 2.45) is 5.41 Å². The summed E-state index contributed by atoms with van der Waals surface area (Å²) in [5.74, 6) is 0.154. The number of carbonyl (C=O) groups is 1. The van der Waals surface area contributed by atoms with Crippen LogP contribution in [0.1, 0.15) is 18.4 Å². The van der Waals surface area contributed by atoms with E-state index >= 15 is 0 Å². The Hall–Kier alpha value is -2.39. The first-order valence-electron chi connectivity index (χ1n) is 7.64. The summed E-state index contributed by atoms with van der Waals surface area (Å²) in [6.07, 6.45) is 3.41. The van der Waals surface area contributed by atoms with Crippen LogP contribution in [0.3, 0.4) is 0 Å². The maximum absolute atomic E-state index is 12.5. The van der Waals surface area contributed by atoms with Gasteiger partial charge >= 0.3 is 0 Å². The molecule has 116 valence electrons. The molecular formula is C17H16N4OS. The molecule has 0 unspecified atom stereocenters. The minimum Gasteiger partial charge on any atom is -0.347 e. The summed E-state index contributed by atoms with van der Waals surface area (Å²) in [6.45, 7) is 2.55. The molecule has 0 aliphatic carbocycles. The molecule has 3 heterocycles. The molecule has 1 aromatic heterocycles. The molecule has 2 aromatic rings. The number of nitriles is 1. The van der Waals surface area contributed by atoms with Crippen LogP contribution in [0.25, 0.3) is 0 Å². The Morgan fingerprint density at radius 3 is 3.04 bits per heavy atom. The summed E-state index contributed by atoms with van der Waals surface area (Å²) < 4.78 is 0. The van der Waals surface area contributed by atoms with Gasteiger partial charge in [0.2, 0.25) is 5.91 Å². The highest BCUT2D eigenvalue weighted by molar-refractivity contribution is 7.13. The van der Waals surface area contributed by atoms with Crippen molar-refractivity contribution < 1.29 is 4.79 Å². The first-order valence-corrected chi connectivity index (χ1v) is 8.52. The molecule has 5 nitrogen and oxygen atoms in total. The Labute approximate surface area is 138 Å². The number of aromatic nitrogens is 1. The Bertz CT molecular complexity index is 782. The van der Waals surface area contributed by atoms with Crippen molar-refractivity contribution in [1.82, 2.24) is 4.98 Å². The second-order valence-corrected chi connectivity index (χ2v) is 7.18. The molecule has 4 rings (SSSR count). The summed E-state index contributed by atoms with van der Waals surface area (Å²) >= 11 is 1.65.